The summed E-state index contributed by atoms with van der Waals surface area (Å²) in [6, 6.07) is 6.82. The molecule has 3 amide bonds. The molecule has 0 aliphatic rings. The van der Waals surface area contributed by atoms with Gasteiger partial charge in [0, 0.05) is 36.4 Å². The number of benzene rings is 1. The number of amides is 3. The Hall–Kier alpha value is -2.99. The minimum Gasteiger partial charge on any atom is -0.480 e. The molecule has 7 N–H and O–H groups in total. The highest BCUT2D eigenvalue weighted by Crippen LogP contribution is 2.15. The summed E-state index contributed by atoms with van der Waals surface area (Å²) in [5.41, 5.74) is 9.26. The number of carbonyl (C=O) groups is 5. The first-order chi connectivity index (χ1) is 25.8. The van der Waals surface area contributed by atoms with Gasteiger partial charge in [-0.1, -0.05) is 30.3 Å². The van der Waals surface area contributed by atoms with Gasteiger partial charge in [-0.15, -0.1) is 0 Å². The van der Waals surface area contributed by atoms with Crippen molar-refractivity contribution in [1.82, 2.24) is 21.3 Å². The van der Waals surface area contributed by atoms with Crippen LogP contribution in [0.3, 0.4) is 0 Å². The van der Waals surface area contributed by atoms with E-state index in [2.05, 4.69) is 27.0 Å². The lowest BCUT2D eigenvalue weighted by molar-refractivity contribution is -0.139. The standard InChI is InChI=1S/C22H35N3O4.C12H24N2O4.BI.FH/c1-22(2,3)29-21(28)25-13-9-8-12-18(24-4)19(26)15-17(20(23)27)14-16-10-6-5-7-11-16;1-12(2,3)18-11(17)14-8-6-5-7-9(13-4)10(15)16;1-2;/h5-7,10-11,17-18,24H,8-9,12-15H2,1-4H3,(H2,23,27)(H,25,28);9,13H,5-8H2,1-4H3,(H,14,17)(H,15,16);;1H/t17-,18+;9-;;/m10../s1/i8D2,9D2;5D2,6D2;;. The van der Waals surface area contributed by atoms with Crippen LogP contribution in [0.4, 0.5) is 14.3 Å². The molecule has 50 heavy (non-hydrogen) atoms. The molecule has 1 aromatic rings. The second-order valence-corrected chi connectivity index (χ2v) is 12.3. The van der Waals surface area contributed by atoms with Gasteiger partial charge in [-0.3, -0.25) is 19.1 Å². The summed E-state index contributed by atoms with van der Waals surface area (Å²) < 4.78 is 73.8. The molecule has 16 heteroatoms. The van der Waals surface area contributed by atoms with Crippen molar-refractivity contribution in [2.45, 2.75) is 116 Å². The Balaban J connectivity index is -0.00000106. The third kappa shape index (κ3) is 28.8. The number of carboxylic acid groups (broad SMARTS) is 1. The molecule has 0 fully saturated rings. The highest BCUT2D eigenvalue weighted by atomic mass is 127. The molecule has 1 aromatic carbocycles. The fourth-order valence-electron chi connectivity index (χ4n) is 3.58. The van der Waals surface area contributed by atoms with E-state index in [1.54, 1.807) is 63.9 Å². The number of ketones is 1. The van der Waals surface area contributed by atoms with Crippen LogP contribution in [-0.2, 0) is 30.3 Å². The van der Waals surface area contributed by atoms with E-state index in [0.29, 0.717) is 0 Å². The number of halogens is 2. The minimum atomic E-state index is -2.49. The van der Waals surface area contributed by atoms with E-state index in [0.717, 1.165) is 5.56 Å². The van der Waals surface area contributed by atoms with E-state index >= 15 is 0 Å². The van der Waals surface area contributed by atoms with Crippen LogP contribution in [0.1, 0.15) is 103 Å². The number of Topliss-reactive ketones (excluding diaryl/α,β-unsaturated/α-hetero) is 1. The Labute approximate surface area is 323 Å². The number of nitrogens with two attached hydrogens (primary N) is 1. The number of hydrogen-bond acceptors (Lipinski definition) is 9. The van der Waals surface area contributed by atoms with Crippen molar-refractivity contribution in [3.8, 4) is 0 Å². The second-order valence-electron chi connectivity index (χ2n) is 12.3. The molecule has 0 aliphatic heterocycles. The summed E-state index contributed by atoms with van der Waals surface area (Å²) in [5.74, 6) is -3.13. The van der Waals surface area contributed by atoms with Gasteiger partial charge in [-0.25, -0.2) is 9.59 Å². The predicted octanol–water partition coefficient (Wildman–Crippen LogP) is 4.58. The first kappa shape index (κ1) is 36.8. The van der Waals surface area contributed by atoms with Crippen LogP contribution in [0.2, 0.25) is 0 Å². The number of rotatable bonds is 19. The van der Waals surface area contributed by atoms with E-state index in [9.17, 15) is 24.0 Å². The van der Waals surface area contributed by atoms with Crippen molar-refractivity contribution in [1.29, 1.82) is 0 Å². The number of aliphatic carboxylic acids is 1. The van der Waals surface area contributed by atoms with Crippen molar-refractivity contribution in [3.05, 3.63) is 35.9 Å². The number of nitrogens with one attached hydrogen (secondary N) is 4. The van der Waals surface area contributed by atoms with Gasteiger partial charge < -0.3 is 41.6 Å². The average molecular weight is 832 g/mol. The summed E-state index contributed by atoms with van der Waals surface area (Å²) in [6.07, 6.45) is -12.6. The van der Waals surface area contributed by atoms with Gasteiger partial charge in [-0.05, 0) is 106 Å². The SMILES string of the molecule is F.[2H]C([2H])(CNC(=O)OC(C)(C)C)C([2H])([2H])C[C@H](NC)C(=O)C[C@@H](Cc1ccccc1)C(N)=O.[2H]C([2H])(CNC(=O)OC(C)(C)C)C([2H])([2H])C[C@H](NC)C(=O)O.[B]I. The Bertz CT molecular complexity index is 1450. The Morgan fingerprint density at radius 3 is 1.60 bits per heavy atom. The molecule has 0 saturated carbocycles. The zero-order valence-corrected chi connectivity index (χ0v) is 32.3. The molecule has 0 aliphatic carbocycles. The van der Waals surface area contributed by atoms with Crippen LogP contribution in [0.5, 0.6) is 0 Å². The monoisotopic (exact) mass is 831 g/mol. The molecule has 0 bridgehead atoms. The fraction of sp³-hybridized carbons (Fsp3) is 0.676. The predicted molar refractivity (Wildman–Crippen MR) is 204 cm³/mol. The minimum absolute atomic E-state index is 0. The average Bonchev–Trinajstić information content (AvgIpc) is 3.07. The molecule has 286 valence electrons. The van der Waals surface area contributed by atoms with E-state index in [-0.39, 0.29) is 17.5 Å². The molecule has 3 atom stereocenters. The van der Waals surface area contributed by atoms with Crippen LogP contribution < -0.4 is 27.0 Å². The van der Waals surface area contributed by atoms with Crippen molar-refractivity contribution >= 4 is 57.9 Å². The summed E-state index contributed by atoms with van der Waals surface area (Å²) in [5, 5.41) is 18.4. The number of carbonyl (C=O) groups excluding carboxylic acids is 4. The van der Waals surface area contributed by atoms with Gasteiger partial charge in [0.25, 0.3) is 0 Å². The largest absolute Gasteiger partial charge is 0.480 e. The number of primary amides is 1. The lowest BCUT2D eigenvalue weighted by atomic mass is 9.90. The van der Waals surface area contributed by atoms with Crippen LogP contribution in [-0.4, -0.2) is 91.1 Å². The molecular weight excluding hydrogens is 763 g/mol. The maximum Gasteiger partial charge on any atom is 0.407 e. The van der Waals surface area contributed by atoms with Gasteiger partial charge in [0.15, 0.2) is 11.5 Å². The Kier molecular flexibility index (Phi) is 21.1. The lowest BCUT2D eigenvalue weighted by Gasteiger charge is -2.20. The summed E-state index contributed by atoms with van der Waals surface area (Å²) >= 11 is 1.65. The molecular formula is C34H60BFIN5O8. The Morgan fingerprint density at radius 1 is 0.820 bits per heavy atom. The van der Waals surface area contributed by atoms with Crippen LogP contribution in [0.15, 0.2) is 30.3 Å². The zero-order chi connectivity index (χ0) is 45.2. The molecule has 0 spiro atoms. The van der Waals surface area contributed by atoms with Crippen LogP contribution >= 0.6 is 22.4 Å². The number of alkyl carbamates (subject to hydrolysis) is 2. The van der Waals surface area contributed by atoms with E-state index in [4.69, 9.17) is 31.3 Å². The molecule has 1 rings (SSSR count). The molecule has 13 nitrogen and oxygen atoms in total. The van der Waals surface area contributed by atoms with E-state index in [1.165, 1.54) is 14.1 Å². The smallest absolute Gasteiger partial charge is 0.407 e. The molecule has 0 unspecified atom stereocenters. The van der Waals surface area contributed by atoms with Crippen molar-refractivity contribution < 1.29 is 54.2 Å². The first-order valence-corrected chi connectivity index (χ1v) is 16.6. The zero-order valence-electron chi connectivity index (χ0n) is 38.1. The van der Waals surface area contributed by atoms with Gasteiger partial charge in [0.1, 0.15) is 17.2 Å². The van der Waals surface area contributed by atoms with Gasteiger partial charge in [0.2, 0.25) is 5.91 Å². The number of hydrogen-bond donors (Lipinski definition) is 6. The third-order valence-corrected chi connectivity index (χ3v) is 5.86. The van der Waals surface area contributed by atoms with Crippen LogP contribution in [0, 0.1) is 5.92 Å². The van der Waals surface area contributed by atoms with E-state index in [1.807, 2.05) is 30.3 Å². The summed E-state index contributed by atoms with van der Waals surface area (Å²) in [7, 11) is 2.81. The number of carboxylic acids is 1. The molecule has 0 aromatic heterocycles. The number of ether oxygens (including phenoxy) is 2. The highest BCUT2D eigenvalue weighted by Gasteiger charge is 2.25. The lowest BCUT2D eigenvalue weighted by Crippen LogP contribution is -2.38. The maximum atomic E-state index is 12.9. The quantitative estimate of drug-likeness (QED) is 0.0848. The normalized spacial score (nSPS) is 16.0. The van der Waals surface area contributed by atoms with Crippen molar-refractivity contribution in [2.75, 3.05) is 27.2 Å². The summed E-state index contributed by atoms with van der Waals surface area (Å²) in [6.45, 7) is 8.62. The van der Waals surface area contributed by atoms with Gasteiger partial charge in [0.05, 0.1) is 6.04 Å². The Morgan fingerprint density at radius 2 is 1.24 bits per heavy atom. The molecule has 0 heterocycles. The first-order valence-electron chi connectivity index (χ1n) is 19.4. The van der Waals surface area contributed by atoms with Gasteiger partial charge in [-0.2, -0.15) is 22.4 Å². The van der Waals surface area contributed by atoms with Crippen molar-refractivity contribution in [3.63, 3.8) is 0 Å². The van der Waals surface area contributed by atoms with Crippen molar-refractivity contribution in [2.24, 2.45) is 11.7 Å². The van der Waals surface area contributed by atoms with E-state index < -0.39 is 110 Å². The maximum absolute atomic E-state index is 12.9. The highest BCUT2D eigenvalue weighted by molar-refractivity contribution is 14.1. The topological polar surface area (TPSA) is 198 Å². The fourth-order valence-corrected chi connectivity index (χ4v) is 3.58. The number of likely N-dealkylation sites (N-methyl/N-ethyl adjacent to an activating group) is 2. The summed E-state index contributed by atoms with van der Waals surface area (Å²) in [4.78, 5) is 59.0. The van der Waals surface area contributed by atoms with Crippen LogP contribution in [0.25, 0.3) is 0 Å². The third-order valence-electron chi connectivity index (χ3n) is 5.86. The molecule has 0 saturated heterocycles. The molecule has 2 radical (unpaired) electrons. The second kappa shape index (κ2) is 28.7. The van der Waals surface area contributed by atoms with Gasteiger partial charge >= 0.3 is 18.2 Å².